The van der Waals surface area contributed by atoms with Crippen molar-refractivity contribution in [2.75, 3.05) is 45.9 Å². The molecule has 5 nitrogen and oxygen atoms in total. The second kappa shape index (κ2) is 11.6. The van der Waals surface area contributed by atoms with Crippen LogP contribution in [0.4, 0.5) is 18.0 Å². The summed E-state index contributed by atoms with van der Waals surface area (Å²) < 4.78 is 40.5. The van der Waals surface area contributed by atoms with Gasteiger partial charge in [-0.2, -0.15) is 13.2 Å². The molecule has 0 aromatic heterocycles. The van der Waals surface area contributed by atoms with Crippen LogP contribution in [0.1, 0.15) is 46.0 Å². The maximum Gasteiger partial charge on any atom is 0.411 e. The van der Waals surface area contributed by atoms with Gasteiger partial charge in [0.2, 0.25) is 0 Å². The van der Waals surface area contributed by atoms with E-state index in [4.69, 9.17) is 0 Å². The van der Waals surface area contributed by atoms with Crippen LogP contribution in [0.25, 0.3) is 0 Å². The van der Waals surface area contributed by atoms with E-state index in [2.05, 4.69) is 21.9 Å². The highest BCUT2D eigenvalue weighted by molar-refractivity contribution is 5.74. The summed E-state index contributed by atoms with van der Waals surface area (Å²) in [5, 5.41) is 3.04. The van der Waals surface area contributed by atoms with Gasteiger partial charge in [0, 0.05) is 45.4 Å². The number of ether oxygens (including phenoxy) is 1. The summed E-state index contributed by atoms with van der Waals surface area (Å²) in [5.41, 5.74) is 0. The molecule has 1 N–H and O–H groups in total. The molecule has 1 aliphatic rings. The van der Waals surface area contributed by atoms with Gasteiger partial charge in [-0.15, -0.1) is 0 Å². The van der Waals surface area contributed by atoms with Crippen LogP contribution in [0.3, 0.4) is 0 Å². The molecule has 1 fully saturated rings. The number of unbranched alkanes of at least 4 members (excludes halogenated alkanes) is 2. The zero-order valence-corrected chi connectivity index (χ0v) is 15.4. The van der Waals surface area contributed by atoms with E-state index in [1.165, 1.54) is 12.8 Å². The number of carbonyl (C=O) groups excluding carboxylic acids is 1. The minimum absolute atomic E-state index is 0.0165. The monoisotopic (exact) mass is 367 g/mol. The molecule has 0 aliphatic carbocycles. The fraction of sp³-hybridized carbons (Fsp3) is 0.941. The number of carbonyl (C=O) groups is 1. The molecule has 0 aromatic carbocycles. The molecular formula is C17H32F3N3O2. The summed E-state index contributed by atoms with van der Waals surface area (Å²) in [6.07, 6.45) is 0.790. The molecule has 0 saturated carbocycles. The van der Waals surface area contributed by atoms with Gasteiger partial charge < -0.3 is 15.0 Å². The second-order valence-corrected chi connectivity index (χ2v) is 6.70. The van der Waals surface area contributed by atoms with Gasteiger partial charge in [-0.3, -0.25) is 4.90 Å². The standard InChI is InChI=1S/C17H32F3N3O2/c1-3-4-5-7-15(2)21-16(24)23-11-9-22(10-12-23)8-6-13-25-14-17(18,19)20/h15H,3-14H2,1-2H3,(H,21,24). The molecule has 0 spiro atoms. The molecule has 1 heterocycles. The average Bonchev–Trinajstić information content (AvgIpc) is 2.54. The SMILES string of the molecule is CCCCCC(C)NC(=O)N1CCN(CCCOCC(F)(F)F)CC1. The van der Waals surface area contributed by atoms with Crippen LogP contribution in [0.2, 0.25) is 0 Å². The number of nitrogens with zero attached hydrogens (tertiary/aromatic N) is 2. The molecule has 0 bridgehead atoms. The Balaban J connectivity index is 2.11. The third-order valence-electron chi connectivity index (χ3n) is 4.30. The lowest BCUT2D eigenvalue weighted by atomic mass is 10.1. The number of alkyl halides is 3. The number of piperazine rings is 1. The first-order valence-electron chi connectivity index (χ1n) is 9.24. The van der Waals surface area contributed by atoms with E-state index in [1.54, 1.807) is 0 Å². The van der Waals surface area contributed by atoms with Gasteiger partial charge in [0.1, 0.15) is 6.61 Å². The van der Waals surface area contributed by atoms with Crippen molar-refractivity contribution in [3.05, 3.63) is 0 Å². The Hall–Kier alpha value is -1.02. The summed E-state index contributed by atoms with van der Waals surface area (Å²) in [5.74, 6) is 0. The zero-order chi connectivity index (χ0) is 18.7. The van der Waals surface area contributed by atoms with E-state index in [0.29, 0.717) is 26.1 Å². The molecule has 25 heavy (non-hydrogen) atoms. The number of hydrogen-bond acceptors (Lipinski definition) is 3. The Kier molecular flexibility index (Phi) is 10.2. The molecule has 1 rings (SSSR count). The normalized spacial score (nSPS) is 17.6. The first-order chi connectivity index (χ1) is 11.8. The Morgan fingerprint density at radius 3 is 2.44 bits per heavy atom. The van der Waals surface area contributed by atoms with E-state index >= 15 is 0 Å². The Morgan fingerprint density at radius 1 is 1.16 bits per heavy atom. The van der Waals surface area contributed by atoms with Crippen molar-refractivity contribution in [3.63, 3.8) is 0 Å². The number of nitrogens with one attached hydrogen (secondary N) is 1. The van der Waals surface area contributed by atoms with Gasteiger partial charge in [0.05, 0.1) is 0 Å². The number of halogens is 3. The molecule has 0 aromatic rings. The number of rotatable bonds is 10. The summed E-state index contributed by atoms with van der Waals surface area (Å²) in [4.78, 5) is 16.2. The van der Waals surface area contributed by atoms with E-state index in [1.807, 2.05) is 11.8 Å². The largest absolute Gasteiger partial charge is 0.411 e. The lowest BCUT2D eigenvalue weighted by Gasteiger charge is -2.35. The summed E-state index contributed by atoms with van der Waals surface area (Å²) >= 11 is 0. The van der Waals surface area contributed by atoms with Gasteiger partial charge in [-0.1, -0.05) is 26.2 Å². The van der Waals surface area contributed by atoms with Crippen LogP contribution < -0.4 is 5.32 Å². The van der Waals surface area contributed by atoms with Crippen LogP contribution >= 0.6 is 0 Å². The molecule has 1 saturated heterocycles. The highest BCUT2D eigenvalue weighted by atomic mass is 19.4. The lowest BCUT2D eigenvalue weighted by Crippen LogP contribution is -2.53. The molecule has 148 valence electrons. The van der Waals surface area contributed by atoms with Gasteiger partial charge in [-0.25, -0.2) is 4.79 Å². The fourth-order valence-electron chi connectivity index (χ4n) is 2.83. The molecule has 2 amide bonds. The maximum atomic E-state index is 12.2. The van der Waals surface area contributed by atoms with E-state index in [9.17, 15) is 18.0 Å². The highest BCUT2D eigenvalue weighted by Gasteiger charge is 2.27. The van der Waals surface area contributed by atoms with E-state index in [0.717, 1.165) is 25.9 Å². The number of urea groups is 1. The van der Waals surface area contributed by atoms with Crippen molar-refractivity contribution in [2.24, 2.45) is 0 Å². The number of amides is 2. The zero-order valence-electron chi connectivity index (χ0n) is 15.4. The first kappa shape index (κ1) is 22.0. The van der Waals surface area contributed by atoms with Crippen LogP contribution in [-0.2, 0) is 4.74 Å². The first-order valence-corrected chi connectivity index (χ1v) is 9.24. The van der Waals surface area contributed by atoms with Gasteiger partial charge in [0.15, 0.2) is 0 Å². The number of hydrogen-bond donors (Lipinski definition) is 1. The third kappa shape index (κ3) is 10.5. The van der Waals surface area contributed by atoms with Crippen molar-refractivity contribution in [1.82, 2.24) is 15.1 Å². The van der Waals surface area contributed by atoms with Crippen molar-refractivity contribution < 1.29 is 22.7 Å². The Morgan fingerprint density at radius 2 is 1.84 bits per heavy atom. The summed E-state index contributed by atoms with van der Waals surface area (Å²) in [6, 6.07) is 0.167. The van der Waals surface area contributed by atoms with Crippen LogP contribution in [0.15, 0.2) is 0 Å². The smallest absolute Gasteiger partial charge is 0.372 e. The van der Waals surface area contributed by atoms with Crippen LogP contribution in [0.5, 0.6) is 0 Å². The van der Waals surface area contributed by atoms with E-state index < -0.39 is 12.8 Å². The molecular weight excluding hydrogens is 335 g/mol. The predicted molar refractivity (Wildman–Crippen MR) is 91.6 cm³/mol. The Labute approximate surface area is 148 Å². The van der Waals surface area contributed by atoms with Gasteiger partial charge in [-0.05, 0) is 19.8 Å². The minimum Gasteiger partial charge on any atom is -0.372 e. The predicted octanol–water partition coefficient (Wildman–Crippen LogP) is 3.25. The maximum absolute atomic E-state index is 12.2. The average molecular weight is 367 g/mol. The van der Waals surface area contributed by atoms with Crippen molar-refractivity contribution >= 4 is 6.03 Å². The molecule has 8 heteroatoms. The van der Waals surface area contributed by atoms with Crippen LogP contribution in [-0.4, -0.2) is 74.0 Å². The molecule has 1 aliphatic heterocycles. The van der Waals surface area contributed by atoms with Crippen molar-refractivity contribution in [1.29, 1.82) is 0 Å². The second-order valence-electron chi connectivity index (χ2n) is 6.70. The molecule has 1 atom stereocenters. The summed E-state index contributed by atoms with van der Waals surface area (Å²) in [7, 11) is 0. The van der Waals surface area contributed by atoms with Crippen LogP contribution in [0, 0.1) is 0 Å². The fourth-order valence-corrected chi connectivity index (χ4v) is 2.83. The molecule has 0 radical (unpaired) electrons. The van der Waals surface area contributed by atoms with Crippen molar-refractivity contribution in [2.45, 2.75) is 58.2 Å². The topological polar surface area (TPSA) is 44.8 Å². The summed E-state index contributed by atoms with van der Waals surface area (Å²) in [6.45, 7) is 6.60. The quantitative estimate of drug-likeness (QED) is 0.603. The van der Waals surface area contributed by atoms with E-state index in [-0.39, 0.29) is 18.7 Å². The lowest BCUT2D eigenvalue weighted by molar-refractivity contribution is -0.174. The third-order valence-corrected chi connectivity index (χ3v) is 4.30. The van der Waals surface area contributed by atoms with Gasteiger partial charge in [0.25, 0.3) is 0 Å². The van der Waals surface area contributed by atoms with Gasteiger partial charge >= 0.3 is 12.2 Å². The van der Waals surface area contributed by atoms with Crippen molar-refractivity contribution in [3.8, 4) is 0 Å². The minimum atomic E-state index is -4.26. The Bertz CT molecular complexity index is 373. The highest BCUT2D eigenvalue weighted by Crippen LogP contribution is 2.14. The molecule has 1 unspecified atom stereocenters.